The Morgan fingerprint density at radius 1 is 1.17 bits per heavy atom. The summed E-state index contributed by atoms with van der Waals surface area (Å²) < 4.78 is 24.5. The Bertz CT molecular complexity index is 823. The van der Waals surface area contributed by atoms with Crippen LogP contribution in [0.3, 0.4) is 0 Å². The molecular formula is C15H11F2N5OS. The molecule has 0 bridgehead atoms. The number of aromatic nitrogens is 4. The summed E-state index contributed by atoms with van der Waals surface area (Å²) in [6.45, 7) is 0. The van der Waals surface area contributed by atoms with Crippen LogP contribution in [0.4, 0.5) is 14.7 Å². The van der Waals surface area contributed by atoms with Gasteiger partial charge in [-0.1, -0.05) is 17.8 Å². The summed E-state index contributed by atoms with van der Waals surface area (Å²) in [5, 5.41) is 9.12. The molecule has 0 radical (unpaired) electrons. The van der Waals surface area contributed by atoms with Gasteiger partial charge in [0.1, 0.15) is 5.69 Å². The van der Waals surface area contributed by atoms with E-state index in [0.717, 1.165) is 0 Å². The fourth-order valence-electron chi connectivity index (χ4n) is 1.90. The quantitative estimate of drug-likeness (QED) is 0.691. The Labute approximate surface area is 139 Å². The van der Waals surface area contributed by atoms with Gasteiger partial charge < -0.3 is 0 Å². The molecule has 1 amide bonds. The van der Waals surface area contributed by atoms with Crippen molar-refractivity contribution in [1.82, 2.24) is 20.2 Å². The predicted molar refractivity (Wildman–Crippen MR) is 85.9 cm³/mol. The van der Waals surface area contributed by atoms with Gasteiger partial charge in [-0.05, 0) is 36.4 Å². The van der Waals surface area contributed by atoms with E-state index in [4.69, 9.17) is 0 Å². The molecule has 3 aromatic rings. The minimum Gasteiger partial charge on any atom is -0.289 e. The summed E-state index contributed by atoms with van der Waals surface area (Å²) in [6.07, 6.45) is 1.62. The topological polar surface area (TPSA) is 83.6 Å². The van der Waals surface area contributed by atoms with Crippen molar-refractivity contribution in [1.29, 1.82) is 0 Å². The van der Waals surface area contributed by atoms with Crippen molar-refractivity contribution < 1.29 is 13.6 Å². The Morgan fingerprint density at radius 2 is 1.96 bits per heavy atom. The molecule has 122 valence electrons. The number of rotatable bonds is 5. The number of hydrogen-bond donors (Lipinski definition) is 2. The zero-order valence-corrected chi connectivity index (χ0v) is 12.9. The van der Waals surface area contributed by atoms with Crippen LogP contribution in [0.5, 0.6) is 0 Å². The second-order valence-corrected chi connectivity index (χ2v) is 5.64. The number of carbonyl (C=O) groups excluding carboxylic acids is 1. The number of hydrogen-bond acceptors (Lipinski definition) is 5. The second kappa shape index (κ2) is 7.18. The van der Waals surface area contributed by atoms with E-state index in [1.165, 1.54) is 24.3 Å². The number of carbonyl (C=O) groups is 1. The van der Waals surface area contributed by atoms with Crippen molar-refractivity contribution in [2.75, 3.05) is 5.32 Å². The monoisotopic (exact) mass is 347 g/mol. The van der Waals surface area contributed by atoms with Crippen molar-refractivity contribution in [2.45, 2.75) is 10.7 Å². The lowest BCUT2D eigenvalue weighted by Gasteiger charge is -2.03. The molecule has 0 aliphatic rings. The summed E-state index contributed by atoms with van der Waals surface area (Å²) in [5.41, 5.74) is 0.914. The van der Waals surface area contributed by atoms with Gasteiger partial charge in [0.2, 0.25) is 5.95 Å². The first kappa shape index (κ1) is 16.1. The smallest absolute Gasteiger partial charge is 0.288 e. The van der Waals surface area contributed by atoms with Crippen LogP contribution in [0.15, 0.2) is 53.6 Å². The van der Waals surface area contributed by atoms with E-state index in [1.54, 1.807) is 18.3 Å². The maximum absolute atomic E-state index is 12.3. The third-order valence-corrected chi connectivity index (χ3v) is 3.68. The number of anilines is 1. The van der Waals surface area contributed by atoms with E-state index < -0.39 is 11.7 Å². The van der Waals surface area contributed by atoms with E-state index >= 15 is 0 Å². The van der Waals surface area contributed by atoms with Crippen molar-refractivity contribution >= 4 is 23.6 Å². The lowest BCUT2D eigenvalue weighted by molar-refractivity contribution is 0.102. The Kier molecular flexibility index (Phi) is 4.80. The summed E-state index contributed by atoms with van der Waals surface area (Å²) in [5.74, 6) is -2.40. The molecule has 6 nitrogen and oxygen atoms in total. The molecule has 2 N–H and O–H groups in total. The van der Waals surface area contributed by atoms with Crippen LogP contribution in [0.2, 0.25) is 0 Å². The van der Waals surface area contributed by atoms with Crippen LogP contribution in [-0.2, 0) is 0 Å². The summed E-state index contributed by atoms with van der Waals surface area (Å²) in [6, 6.07) is 11.2. The molecule has 9 heteroatoms. The second-order valence-electron chi connectivity index (χ2n) is 4.58. The molecule has 0 saturated heterocycles. The van der Waals surface area contributed by atoms with Crippen LogP contribution >= 0.6 is 11.8 Å². The van der Waals surface area contributed by atoms with E-state index in [0.29, 0.717) is 33.7 Å². The number of pyridine rings is 1. The zero-order chi connectivity index (χ0) is 16.9. The van der Waals surface area contributed by atoms with Crippen molar-refractivity contribution in [2.24, 2.45) is 0 Å². The molecule has 24 heavy (non-hydrogen) atoms. The van der Waals surface area contributed by atoms with Gasteiger partial charge in [0, 0.05) is 16.7 Å². The first-order chi connectivity index (χ1) is 11.6. The zero-order valence-electron chi connectivity index (χ0n) is 12.1. The minimum atomic E-state index is -2.50. The Balaban J connectivity index is 1.68. The number of benzene rings is 1. The number of alkyl halides is 2. The van der Waals surface area contributed by atoms with Gasteiger partial charge in [-0.25, -0.2) is 0 Å². The molecule has 0 fully saturated rings. The number of halogens is 2. The highest BCUT2D eigenvalue weighted by Crippen LogP contribution is 2.25. The van der Waals surface area contributed by atoms with Gasteiger partial charge in [-0.3, -0.25) is 20.2 Å². The summed E-state index contributed by atoms with van der Waals surface area (Å²) in [7, 11) is 0. The van der Waals surface area contributed by atoms with Crippen LogP contribution < -0.4 is 5.32 Å². The molecule has 0 aliphatic heterocycles. The third kappa shape index (κ3) is 3.93. The van der Waals surface area contributed by atoms with Gasteiger partial charge in [0.25, 0.3) is 11.7 Å². The molecule has 0 unspecified atom stereocenters. The molecule has 0 spiro atoms. The van der Waals surface area contributed by atoms with Crippen molar-refractivity contribution in [3.63, 3.8) is 0 Å². The molecule has 0 aliphatic carbocycles. The Hall–Kier alpha value is -2.81. The molecular weight excluding hydrogens is 336 g/mol. The number of H-pyrrole nitrogens is 1. The molecule has 3 rings (SSSR count). The molecule has 1 aromatic carbocycles. The first-order valence-corrected chi connectivity index (χ1v) is 7.70. The lowest BCUT2D eigenvalue weighted by Crippen LogP contribution is -2.12. The fourth-order valence-corrected chi connectivity index (χ4v) is 2.40. The van der Waals surface area contributed by atoms with E-state index in [2.05, 4.69) is 25.5 Å². The number of thioether (sulfide) groups is 1. The molecule has 0 saturated carbocycles. The van der Waals surface area contributed by atoms with Gasteiger partial charge in [0.05, 0.1) is 0 Å². The maximum atomic E-state index is 12.3. The molecule has 2 aromatic heterocycles. The molecule has 2 heterocycles. The van der Waals surface area contributed by atoms with Crippen LogP contribution in [-0.4, -0.2) is 31.8 Å². The summed E-state index contributed by atoms with van der Waals surface area (Å²) >= 11 is 0.422. The Morgan fingerprint density at radius 3 is 2.62 bits per heavy atom. The fraction of sp³-hybridized carbons (Fsp3) is 0.0667. The number of nitrogens with one attached hydrogen (secondary N) is 2. The van der Waals surface area contributed by atoms with Gasteiger partial charge in [-0.15, -0.1) is 5.10 Å². The van der Waals surface area contributed by atoms with Gasteiger partial charge in [0.15, 0.2) is 5.82 Å². The van der Waals surface area contributed by atoms with E-state index in [-0.39, 0.29) is 5.95 Å². The van der Waals surface area contributed by atoms with Crippen LogP contribution in [0.25, 0.3) is 11.5 Å². The average Bonchev–Trinajstić information content (AvgIpc) is 3.04. The minimum absolute atomic E-state index is 0.103. The standard InChI is InChI=1S/C15H11F2N5OS/c16-14(17)24-10-6-4-9(5-7-10)13(23)20-15-19-12(21-22-15)11-3-1-2-8-18-11/h1-8,14H,(H2,19,20,21,22,23). The lowest BCUT2D eigenvalue weighted by atomic mass is 10.2. The number of aromatic amines is 1. The number of nitrogens with zero attached hydrogens (tertiary/aromatic N) is 3. The predicted octanol–water partition coefficient (Wildman–Crippen LogP) is 3.43. The maximum Gasteiger partial charge on any atom is 0.288 e. The normalized spacial score (nSPS) is 10.8. The average molecular weight is 347 g/mol. The van der Waals surface area contributed by atoms with Crippen LogP contribution in [0, 0.1) is 0 Å². The van der Waals surface area contributed by atoms with E-state index in [9.17, 15) is 13.6 Å². The largest absolute Gasteiger partial charge is 0.289 e. The van der Waals surface area contributed by atoms with Gasteiger partial charge in [-0.2, -0.15) is 13.8 Å². The van der Waals surface area contributed by atoms with E-state index in [1.807, 2.05) is 6.07 Å². The van der Waals surface area contributed by atoms with Crippen LogP contribution in [0.1, 0.15) is 10.4 Å². The highest BCUT2D eigenvalue weighted by atomic mass is 32.2. The van der Waals surface area contributed by atoms with Gasteiger partial charge >= 0.3 is 0 Å². The molecule has 0 atom stereocenters. The third-order valence-electron chi connectivity index (χ3n) is 2.96. The SMILES string of the molecule is O=C(Nc1n[nH]c(-c2ccccn2)n1)c1ccc(SC(F)F)cc1. The van der Waals surface area contributed by atoms with Crippen molar-refractivity contribution in [3.05, 3.63) is 54.2 Å². The number of amides is 1. The highest BCUT2D eigenvalue weighted by molar-refractivity contribution is 7.99. The first-order valence-electron chi connectivity index (χ1n) is 6.82. The summed E-state index contributed by atoms with van der Waals surface area (Å²) in [4.78, 5) is 20.8. The van der Waals surface area contributed by atoms with Crippen molar-refractivity contribution in [3.8, 4) is 11.5 Å². The highest BCUT2D eigenvalue weighted by Gasteiger charge is 2.12.